The van der Waals surface area contributed by atoms with Gasteiger partial charge in [0.15, 0.2) is 6.61 Å². The Bertz CT molecular complexity index is 887. The maximum absolute atomic E-state index is 12.9. The summed E-state index contributed by atoms with van der Waals surface area (Å²) in [4.78, 5) is 25.8. The maximum atomic E-state index is 12.9. The third-order valence-corrected chi connectivity index (χ3v) is 3.83. The summed E-state index contributed by atoms with van der Waals surface area (Å²) in [5.74, 6) is -0.856. The topological polar surface area (TPSA) is 79.6 Å². The van der Waals surface area contributed by atoms with Crippen molar-refractivity contribution in [1.29, 1.82) is 5.26 Å². The van der Waals surface area contributed by atoms with Gasteiger partial charge in [0.25, 0.3) is 5.91 Å². The van der Waals surface area contributed by atoms with Crippen molar-refractivity contribution in [2.45, 2.75) is 13.3 Å². The largest absolute Gasteiger partial charge is 0.494 e. The van der Waals surface area contributed by atoms with Crippen molar-refractivity contribution in [3.8, 4) is 11.8 Å². The van der Waals surface area contributed by atoms with E-state index in [4.69, 9.17) is 14.7 Å². The summed E-state index contributed by atoms with van der Waals surface area (Å²) < 4.78 is 23.2. The fraction of sp³-hybridized carbons (Fsp3) is 0.227. The molecule has 0 aliphatic rings. The average molecular weight is 396 g/mol. The molecule has 29 heavy (non-hydrogen) atoms. The second-order valence-electron chi connectivity index (χ2n) is 5.87. The Morgan fingerprint density at radius 3 is 2.45 bits per heavy atom. The number of hydrogen-bond donors (Lipinski definition) is 0. The third-order valence-electron chi connectivity index (χ3n) is 3.83. The standard InChI is InChI=1S/C22H21FN2O4/c1-2-28-20-11-9-19(10-12-20)25(15-3-14-24)21(26)16-29-22(27)13-6-17-4-7-18(23)8-5-17/h4-13H,2-3,15-16H2,1H3/b13-6+. The number of benzene rings is 2. The second-order valence-corrected chi connectivity index (χ2v) is 5.87. The molecule has 6 nitrogen and oxygen atoms in total. The van der Waals surface area contributed by atoms with E-state index in [9.17, 15) is 14.0 Å². The second kappa shape index (κ2) is 11.2. The molecule has 0 aromatic heterocycles. The molecule has 0 spiro atoms. The molecule has 0 atom stereocenters. The molecule has 2 rings (SSSR count). The normalized spacial score (nSPS) is 10.4. The monoisotopic (exact) mass is 396 g/mol. The van der Waals surface area contributed by atoms with Crippen LogP contribution in [0.1, 0.15) is 18.9 Å². The summed E-state index contributed by atoms with van der Waals surface area (Å²) in [6.45, 7) is 2.10. The van der Waals surface area contributed by atoms with Crippen LogP contribution >= 0.6 is 0 Å². The van der Waals surface area contributed by atoms with Gasteiger partial charge in [-0.25, -0.2) is 9.18 Å². The number of nitriles is 1. The molecule has 150 valence electrons. The lowest BCUT2D eigenvalue weighted by molar-refractivity contribution is -0.142. The van der Waals surface area contributed by atoms with Gasteiger partial charge in [0, 0.05) is 18.3 Å². The summed E-state index contributed by atoms with van der Waals surface area (Å²) in [5, 5.41) is 8.85. The molecule has 0 unspecified atom stereocenters. The Kier molecular flexibility index (Phi) is 8.39. The van der Waals surface area contributed by atoms with Crippen LogP contribution in [0, 0.1) is 17.1 Å². The number of carbonyl (C=O) groups is 2. The molecule has 1 amide bonds. The van der Waals surface area contributed by atoms with Gasteiger partial charge in [0.1, 0.15) is 11.6 Å². The van der Waals surface area contributed by atoms with Crippen LogP contribution in [0.5, 0.6) is 5.75 Å². The van der Waals surface area contributed by atoms with Crippen LogP contribution in [0.15, 0.2) is 54.6 Å². The fourth-order valence-corrected chi connectivity index (χ4v) is 2.45. The summed E-state index contributed by atoms with van der Waals surface area (Å²) in [6.07, 6.45) is 2.76. The van der Waals surface area contributed by atoms with Crippen LogP contribution in [-0.2, 0) is 14.3 Å². The van der Waals surface area contributed by atoms with E-state index in [-0.39, 0.29) is 18.8 Å². The van der Waals surface area contributed by atoms with Gasteiger partial charge >= 0.3 is 5.97 Å². The minimum Gasteiger partial charge on any atom is -0.494 e. The van der Waals surface area contributed by atoms with E-state index in [0.717, 1.165) is 6.08 Å². The van der Waals surface area contributed by atoms with Gasteiger partial charge in [0.05, 0.1) is 19.1 Å². The quantitative estimate of drug-likeness (QED) is 0.477. The van der Waals surface area contributed by atoms with Crippen molar-refractivity contribution in [2.75, 3.05) is 24.7 Å². The number of esters is 1. The predicted octanol–water partition coefficient (Wildman–Crippen LogP) is 3.73. The Balaban J connectivity index is 1.97. The fourth-order valence-electron chi connectivity index (χ4n) is 2.45. The highest BCUT2D eigenvalue weighted by molar-refractivity contribution is 5.96. The van der Waals surface area contributed by atoms with Crippen LogP contribution in [0.2, 0.25) is 0 Å². The predicted molar refractivity (Wildman–Crippen MR) is 107 cm³/mol. The zero-order valence-corrected chi connectivity index (χ0v) is 16.0. The van der Waals surface area contributed by atoms with Crippen molar-refractivity contribution in [2.24, 2.45) is 0 Å². The zero-order chi connectivity index (χ0) is 21.1. The van der Waals surface area contributed by atoms with E-state index < -0.39 is 18.5 Å². The van der Waals surface area contributed by atoms with Gasteiger partial charge in [-0.05, 0) is 55.0 Å². The van der Waals surface area contributed by atoms with Gasteiger partial charge in [-0.1, -0.05) is 12.1 Å². The number of hydrogen-bond acceptors (Lipinski definition) is 5. The van der Waals surface area contributed by atoms with Crippen molar-refractivity contribution in [3.05, 3.63) is 66.0 Å². The highest BCUT2D eigenvalue weighted by Crippen LogP contribution is 2.20. The molecule has 0 fully saturated rings. The smallest absolute Gasteiger partial charge is 0.331 e. The molecule has 2 aromatic rings. The van der Waals surface area contributed by atoms with E-state index >= 15 is 0 Å². The Morgan fingerprint density at radius 2 is 1.83 bits per heavy atom. The van der Waals surface area contributed by atoms with Gasteiger partial charge in [0.2, 0.25) is 0 Å². The molecule has 0 aliphatic carbocycles. The molecular weight excluding hydrogens is 375 g/mol. The van der Waals surface area contributed by atoms with E-state index in [0.29, 0.717) is 23.6 Å². The van der Waals surface area contributed by atoms with E-state index in [2.05, 4.69) is 0 Å². The lowest BCUT2D eigenvalue weighted by Crippen LogP contribution is -2.35. The van der Waals surface area contributed by atoms with Gasteiger partial charge in [-0.15, -0.1) is 0 Å². The summed E-state index contributed by atoms with van der Waals surface area (Å²) >= 11 is 0. The van der Waals surface area contributed by atoms with Crippen molar-refractivity contribution >= 4 is 23.6 Å². The van der Waals surface area contributed by atoms with Gasteiger partial charge < -0.3 is 14.4 Å². The van der Waals surface area contributed by atoms with E-state index in [1.165, 1.54) is 35.2 Å². The lowest BCUT2D eigenvalue weighted by Gasteiger charge is -2.21. The molecular formula is C22H21FN2O4. The van der Waals surface area contributed by atoms with E-state index in [1.54, 1.807) is 24.3 Å². The Hall–Kier alpha value is -3.66. The summed E-state index contributed by atoms with van der Waals surface area (Å²) in [7, 11) is 0. The van der Waals surface area contributed by atoms with E-state index in [1.807, 2.05) is 13.0 Å². The summed E-state index contributed by atoms with van der Waals surface area (Å²) in [6, 6.07) is 14.4. The minimum absolute atomic E-state index is 0.136. The number of ether oxygens (including phenoxy) is 2. The number of nitrogens with zero attached hydrogens (tertiary/aromatic N) is 2. The first-order chi connectivity index (χ1) is 14.0. The first-order valence-corrected chi connectivity index (χ1v) is 9.04. The minimum atomic E-state index is -0.699. The third kappa shape index (κ3) is 7.11. The molecule has 0 saturated carbocycles. The first kappa shape index (κ1) is 21.6. The van der Waals surface area contributed by atoms with Crippen LogP contribution in [0.3, 0.4) is 0 Å². The first-order valence-electron chi connectivity index (χ1n) is 9.04. The molecule has 0 saturated heterocycles. The lowest BCUT2D eigenvalue weighted by atomic mass is 10.2. The van der Waals surface area contributed by atoms with Gasteiger partial charge in [-0.2, -0.15) is 5.26 Å². The maximum Gasteiger partial charge on any atom is 0.331 e. The van der Waals surface area contributed by atoms with Crippen LogP contribution in [0.4, 0.5) is 10.1 Å². The number of halogens is 1. The highest BCUT2D eigenvalue weighted by atomic mass is 19.1. The zero-order valence-electron chi connectivity index (χ0n) is 16.0. The number of carbonyl (C=O) groups excluding carboxylic acids is 2. The molecule has 7 heteroatoms. The highest BCUT2D eigenvalue weighted by Gasteiger charge is 2.17. The molecule has 0 bridgehead atoms. The number of anilines is 1. The molecule has 0 radical (unpaired) electrons. The van der Waals surface area contributed by atoms with Crippen LogP contribution in [-0.4, -0.2) is 31.6 Å². The van der Waals surface area contributed by atoms with Crippen molar-refractivity contribution in [1.82, 2.24) is 0 Å². The Labute approximate surface area is 168 Å². The van der Waals surface area contributed by atoms with Crippen LogP contribution in [0.25, 0.3) is 6.08 Å². The summed E-state index contributed by atoms with van der Waals surface area (Å²) in [5.41, 5.74) is 1.20. The molecule has 0 N–H and O–H groups in total. The SMILES string of the molecule is CCOc1ccc(N(CCC#N)C(=O)COC(=O)/C=C/c2ccc(F)cc2)cc1. The van der Waals surface area contributed by atoms with Gasteiger partial charge in [-0.3, -0.25) is 4.79 Å². The molecule has 0 aliphatic heterocycles. The Morgan fingerprint density at radius 1 is 1.14 bits per heavy atom. The average Bonchev–Trinajstić information content (AvgIpc) is 2.73. The number of amides is 1. The molecule has 0 heterocycles. The van der Waals surface area contributed by atoms with Crippen molar-refractivity contribution in [3.63, 3.8) is 0 Å². The number of rotatable bonds is 9. The van der Waals surface area contributed by atoms with Crippen molar-refractivity contribution < 1.29 is 23.5 Å². The van der Waals surface area contributed by atoms with Crippen LogP contribution < -0.4 is 9.64 Å². The molecule has 2 aromatic carbocycles.